The summed E-state index contributed by atoms with van der Waals surface area (Å²) in [5.41, 5.74) is 0.984. The molecule has 7 nitrogen and oxygen atoms in total. The molecule has 0 aliphatic carbocycles. The first-order chi connectivity index (χ1) is 18.7. The molecule has 0 bridgehead atoms. The number of nitrogens with zero attached hydrogens (tertiary/aromatic N) is 1. The monoisotopic (exact) mass is 536 g/mol. The molecule has 214 valence electrons. The lowest BCUT2D eigenvalue weighted by molar-refractivity contribution is -0.142. The number of rotatable bonds is 14. The van der Waals surface area contributed by atoms with Gasteiger partial charge in [0.2, 0.25) is 17.7 Å². The summed E-state index contributed by atoms with van der Waals surface area (Å²) in [4.78, 5) is 41.8. The second kappa shape index (κ2) is 15.0. The van der Waals surface area contributed by atoms with Gasteiger partial charge in [-0.25, -0.2) is 0 Å². The van der Waals surface area contributed by atoms with Crippen molar-refractivity contribution in [2.75, 3.05) is 19.6 Å². The molecule has 0 radical (unpaired) electrons. The third kappa shape index (κ3) is 8.79. The van der Waals surface area contributed by atoms with E-state index in [9.17, 15) is 14.4 Å². The number of amides is 3. The van der Waals surface area contributed by atoms with Gasteiger partial charge in [-0.15, -0.1) is 0 Å². The van der Waals surface area contributed by atoms with Gasteiger partial charge in [0.25, 0.3) is 0 Å². The highest BCUT2D eigenvalue weighted by atomic mass is 16.2. The van der Waals surface area contributed by atoms with Crippen molar-refractivity contribution in [1.82, 2.24) is 20.9 Å². The molecule has 0 aromatic heterocycles. The molecule has 7 heteroatoms. The summed E-state index contributed by atoms with van der Waals surface area (Å²) in [5.74, 6) is 0.121. The maximum Gasteiger partial charge on any atom is 0.243 e. The summed E-state index contributed by atoms with van der Waals surface area (Å²) in [5, 5.41) is 11.8. The number of hydrogen-bond donors (Lipinski definition) is 3. The Morgan fingerprint density at radius 3 is 2.41 bits per heavy atom. The molecule has 1 fully saturated rings. The fourth-order valence-electron chi connectivity index (χ4n) is 5.33. The topological polar surface area (TPSA) is 90.5 Å². The van der Waals surface area contributed by atoms with Crippen LogP contribution in [-0.2, 0) is 20.8 Å². The summed E-state index contributed by atoms with van der Waals surface area (Å²) in [7, 11) is 0. The zero-order valence-corrected chi connectivity index (χ0v) is 24.5. The summed E-state index contributed by atoms with van der Waals surface area (Å²) in [6, 6.07) is 13.3. The van der Waals surface area contributed by atoms with E-state index in [1.165, 1.54) is 0 Å². The highest BCUT2D eigenvalue weighted by molar-refractivity contribution is 5.93. The molecule has 1 aliphatic rings. The van der Waals surface area contributed by atoms with Gasteiger partial charge in [0.05, 0.1) is 0 Å². The van der Waals surface area contributed by atoms with E-state index in [0.29, 0.717) is 31.8 Å². The van der Waals surface area contributed by atoms with Gasteiger partial charge in [0.15, 0.2) is 0 Å². The van der Waals surface area contributed by atoms with Gasteiger partial charge in [-0.2, -0.15) is 0 Å². The van der Waals surface area contributed by atoms with Gasteiger partial charge in [0.1, 0.15) is 12.1 Å². The Kier molecular flexibility index (Phi) is 11.8. The van der Waals surface area contributed by atoms with Crippen molar-refractivity contribution in [1.29, 1.82) is 0 Å². The Morgan fingerprint density at radius 1 is 1.00 bits per heavy atom. The first-order valence-corrected chi connectivity index (χ1v) is 14.8. The predicted octanol–water partition coefficient (Wildman–Crippen LogP) is 4.43. The molecule has 0 spiro atoms. The lowest BCUT2D eigenvalue weighted by atomic mass is 10.00. The van der Waals surface area contributed by atoms with E-state index in [0.717, 1.165) is 48.6 Å². The highest BCUT2D eigenvalue weighted by Crippen LogP contribution is 2.23. The van der Waals surface area contributed by atoms with Crippen molar-refractivity contribution in [2.24, 2.45) is 11.8 Å². The average molecular weight is 537 g/mol. The first-order valence-electron chi connectivity index (χ1n) is 14.8. The molecular formula is C32H48N4O3. The van der Waals surface area contributed by atoms with Crippen LogP contribution in [0.25, 0.3) is 10.8 Å². The van der Waals surface area contributed by atoms with E-state index in [4.69, 9.17) is 0 Å². The van der Waals surface area contributed by atoms with Crippen LogP contribution < -0.4 is 16.0 Å². The van der Waals surface area contributed by atoms with Gasteiger partial charge >= 0.3 is 0 Å². The fraction of sp³-hybridized carbons (Fsp3) is 0.594. The highest BCUT2D eigenvalue weighted by Gasteiger charge is 2.37. The third-order valence-corrected chi connectivity index (χ3v) is 7.81. The standard InChI is InChI=1S/C32H48N4O3/c1-6-25(7-2)32(39)36-18-10-13-29(36)31(38)35-28(30(37)33-17-16-23(5)34-21-22(3)4)20-24-14-15-26-11-8-9-12-27(26)19-24/h8-9,11-12,14-15,19,22-23,25,28-29,34H,6-7,10,13,16-18,20-21H2,1-5H3,(H,33,37)(H,35,38)/t23?,28-,29?/m1/s1. The van der Waals surface area contributed by atoms with Crippen LogP contribution in [0.15, 0.2) is 42.5 Å². The molecule has 2 unspecified atom stereocenters. The van der Waals surface area contributed by atoms with Gasteiger partial charge in [0, 0.05) is 31.5 Å². The van der Waals surface area contributed by atoms with E-state index in [-0.39, 0.29) is 29.7 Å². The normalized spacial score (nSPS) is 17.0. The average Bonchev–Trinajstić information content (AvgIpc) is 3.42. The van der Waals surface area contributed by atoms with E-state index in [1.54, 1.807) is 4.90 Å². The van der Waals surface area contributed by atoms with E-state index >= 15 is 0 Å². The molecule has 1 aliphatic heterocycles. The van der Waals surface area contributed by atoms with Crippen molar-refractivity contribution in [3.63, 3.8) is 0 Å². The maximum absolute atomic E-state index is 13.5. The summed E-state index contributed by atoms with van der Waals surface area (Å²) in [6.07, 6.45) is 4.13. The van der Waals surface area contributed by atoms with Gasteiger partial charge in [-0.3, -0.25) is 14.4 Å². The zero-order valence-electron chi connectivity index (χ0n) is 24.5. The van der Waals surface area contributed by atoms with Crippen LogP contribution in [0.4, 0.5) is 0 Å². The Labute approximate surface area is 234 Å². The number of nitrogens with one attached hydrogen (secondary N) is 3. The van der Waals surface area contributed by atoms with Crippen molar-refractivity contribution >= 4 is 28.5 Å². The van der Waals surface area contributed by atoms with Crippen molar-refractivity contribution in [3.8, 4) is 0 Å². The zero-order chi connectivity index (χ0) is 28.4. The van der Waals surface area contributed by atoms with Crippen LogP contribution in [0.5, 0.6) is 0 Å². The molecule has 2 aromatic rings. The molecule has 1 saturated heterocycles. The van der Waals surface area contributed by atoms with Crippen LogP contribution in [0.3, 0.4) is 0 Å². The van der Waals surface area contributed by atoms with E-state index in [1.807, 2.05) is 32.0 Å². The van der Waals surface area contributed by atoms with Crippen LogP contribution >= 0.6 is 0 Å². The molecular weight excluding hydrogens is 488 g/mol. The lowest BCUT2D eigenvalue weighted by Gasteiger charge is -2.29. The van der Waals surface area contributed by atoms with Crippen molar-refractivity contribution in [2.45, 2.75) is 91.3 Å². The Morgan fingerprint density at radius 2 is 1.72 bits per heavy atom. The molecule has 3 N–H and O–H groups in total. The molecule has 3 amide bonds. The van der Waals surface area contributed by atoms with Crippen molar-refractivity contribution in [3.05, 3.63) is 48.0 Å². The number of carbonyl (C=O) groups is 3. The van der Waals surface area contributed by atoms with E-state index < -0.39 is 12.1 Å². The van der Waals surface area contributed by atoms with Crippen molar-refractivity contribution < 1.29 is 14.4 Å². The molecule has 2 aromatic carbocycles. The summed E-state index contributed by atoms with van der Waals surface area (Å²) < 4.78 is 0. The van der Waals surface area contributed by atoms with Crippen LogP contribution in [0, 0.1) is 11.8 Å². The Balaban J connectivity index is 1.71. The smallest absolute Gasteiger partial charge is 0.243 e. The van der Waals surface area contributed by atoms with Gasteiger partial charge in [-0.05, 0) is 67.8 Å². The SMILES string of the molecule is CCC(CC)C(=O)N1CCCC1C(=O)N[C@H](Cc1ccc2ccccc2c1)C(=O)NCCC(C)NCC(C)C. The Bertz CT molecular complexity index is 1100. The molecule has 1 heterocycles. The lowest BCUT2D eigenvalue weighted by Crippen LogP contribution is -2.54. The molecule has 3 atom stereocenters. The minimum Gasteiger partial charge on any atom is -0.354 e. The number of benzene rings is 2. The second-order valence-electron chi connectivity index (χ2n) is 11.4. The molecule has 3 rings (SSSR count). The first kappa shape index (κ1) is 30.6. The Hall–Kier alpha value is -2.93. The largest absolute Gasteiger partial charge is 0.354 e. The fourth-order valence-corrected chi connectivity index (χ4v) is 5.33. The third-order valence-electron chi connectivity index (χ3n) is 7.81. The van der Waals surface area contributed by atoms with E-state index in [2.05, 4.69) is 61.0 Å². The second-order valence-corrected chi connectivity index (χ2v) is 11.4. The number of hydrogen-bond acceptors (Lipinski definition) is 4. The maximum atomic E-state index is 13.5. The number of fused-ring (bicyclic) bond motifs is 1. The van der Waals surface area contributed by atoms with Crippen LogP contribution in [0.2, 0.25) is 0 Å². The summed E-state index contributed by atoms with van der Waals surface area (Å²) >= 11 is 0. The minimum absolute atomic E-state index is 0.0519. The summed E-state index contributed by atoms with van der Waals surface area (Å²) in [6.45, 7) is 12.5. The number of carbonyl (C=O) groups excluding carboxylic acids is 3. The van der Waals surface area contributed by atoms with Gasteiger partial charge in [-0.1, -0.05) is 70.2 Å². The van der Waals surface area contributed by atoms with Crippen LogP contribution in [-0.4, -0.2) is 60.4 Å². The van der Waals surface area contributed by atoms with Crippen LogP contribution in [0.1, 0.15) is 72.3 Å². The quantitative estimate of drug-likeness (QED) is 0.333. The molecule has 0 saturated carbocycles. The van der Waals surface area contributed by atoms with Gasteiger partial charge < -0.3 is 20.9 Å². The minimum atomic E-state index is -0.719. The molecule has 39 heavy (non-hydrogen) atoms. The number of likely N-dealkylation sites (tertiary alicyclic amines) is 1. The predicted molar refractivity (Wildman–Crippen MR) is 158 cm³/mol.